The quantitative estimate of drug-likeness (QED) is 0.844. The maximum Gasteiger partial charge on any atom is 0.241 e. The smallest absolute Gasteiger partial charge is 0.241 e. The van der Waals surface area contributed by atoms with Crippen LogP contribution in [-0.2, 0) is 4.79 Å². The molecule has 0 aromatic heterocycles. The third kappa shape index (κ3) is 3.01. The summed E-state index contributed by atoms with van der Waals surface area (Å²) in [5.41, 5.74) is 7.02. The van der Waals surface area contributed by atoms with Crippen molar-refractivity contribution in [2.24, 2.45) is 11.8 Å². The number of anilines is 2. The minimum absolute atomic E-state index is 0.0102. The molecule has 1 amide bonds. The van der Waals surface area contributed by atoms with Crippen molar-refractivity contribution >= 4 is 28.9 Å². The van der Waals surface area contributed by atoms with Gasteiger partial charge >= 0.3 is 0 Å². The van der Waals surface area contributed by atoms with E-state index in [0.29, 0.717) is 16.4 Å². The average Bonchev–Trinajstić information content (AvgIpc) is 3.03. The van der Waals surface area contributed by atoms with Crippen LogP contribution in [-0.4, -0.2) is 29.9 Å². The van der Waals surface area contributed by atoms with Crippen LogP contribution in [0.25, 0.3) is 0 Å². The summed E-state index contributed by atoms with van der Waals surface area (Å²) in [7, 11) is 0. The van der Waals surface area contributed by atoms with Crippen LogP contribution in [0.15, 0.2) is 18.2 Å². The Bertz CT molecular complexity index is 536. The number of likely N-dealkylation sites (tertiary alicyclic amines) is 1. The number of benzene rings is 1. The third-order valence-electron chi connectivity index (χ3n) is 4.95. The summed E-state index contributed by atoms with van der Waals surface area (Å²) >= 11 is 5.95. The van der Waals surface area contributed by atoms with Crippen LogP contribution in [0.5, 0.6) is 0 Å². The fourth-order valence-electron chi connectivity index (χ4n) is 3.63. The van der Waals surface area contributed by atoms with Crippen LogP contribution in [0.3, 0.4) is 0 Å². The Hall–Kier alpha value is -1.26. The molecule has 0 radical (unpaired) electrons. The molecule has 3 N–H and O–H groups in total. The van der Waals surface area contributed by atoms with E-state index in [0.717, 1.165) is 24.9 Å². The molecule has 0 bridgehead atoms. The van der Waals surface area contributed by atoms with Gasteiger partial charge in [0.05, 0.1) is 17.4 Å². The summed E-state index contributed by atoms with van der Waals surface area (Å²) in [4.78, 5) is 14.7. The molecule has 1 heterocycles. The Kier molecular flexibility index (Phi) is 4.09. The number of nitrogens with zero attached hydrogens (tertiary/aromatic N) is 1. The molecule has 3 rings (SSSR count). The predicted octanol–water partition coefficient (Wildman–Crippen LogP) is 2.98. The topological polar surface area (TPSA) is 58.4 Å². The van der Waals surface area contributed by atoms with Crippen molar-refractivity contribution in [1.29, 1.82) is 0 Å². The maximum absolute atomic E-state index is 12.4. The molecular weight excluding hydrogens is 286 g/mol. The van der Waals surface area contributed by atoms with Gasteiger partial charge in [-0.1, -0.05) is 18.0 Å². The first kappa shape index (κ1) is 14.7. The van der Waals surface area contributed by atoms with Crippen molar-refractivity contribution in [3.63, 3.8) is 0 Å². The molecule has 5 heteroatoms. The molecule has 3 unspecified atom stereocenters. The second-order valence-corrected chi connectivity index (χ2v) is 6.74. The molecule has 4 nitrogen and oxygen atoms in total. The van der Waals surface area contributed by atoms with Crippen molar-refractivity contribution in [2.45, 2.75) is 32.2 Å². The molecule has 1 saturated carbocycles. The second kappa shape index (κ2) is 5.85. The molecule has 0 spiro atoms. The van der Waals surface area contributed by atoms with Gasteiger partial charge in [-0.2, -0.15) is 0 Å². The monoisotopic (exact) mass is 307 g/mol. The first-order valence-electron chi connectivity index (χ1n) is 7.64. The van der Waals surface area contributed by atoms with E-state index in [2.05, 4.69) is 10.2 Å². The number of hydrogen-bond donors (Lipinski definition) is 2. The molecule has 2 fully saturated rings. The largest absolute Gasteiger partial charge is 0.397 e. The minimum atomic E-state index is -0.131. The summed E-state index contributed by atoms with van der Waals surface area (Å²) in [5, 5.41) is 3.48. The van der Waals surface area contributed by atoms with E-state index < -0.39 is 0 Å². The van der Waals surface area contributed by atoms with Gasteiger partial charge in [0.2, 0.25) is 5.91 Å². The van der Waals surface area contributed by atoms with Gasteiger partial charge in [-0.25, -0.2) is 0 Å². The zero-order valence-electron chi connectivity index (χ0n) is 12.3. The van der Waals surface area contributed by atoms with E-state index >= 15 is 0 Å². The first-order valence-corrected chi connectivity index (χ1v) is 8.02. The molecular formula is C16H22ClN3O. The van der Waals surface area contributed by atoms with E-state index in [4.69, 9.17) is 17.3 Å². The van der Waals surface area contributed by atoms with E-state index in [9.17, 15) is 4.79 Å². The number of nitrogens with one attached hydrogen (secondary N) is 1. The van der Waals surface area contributed by atoms with Crippen LogP contribution >= 0.6 is 11.6 Å². The van der Waals surface area contributed by atoms with E-state index in [1.807, 2.05) is 6.92 Å². The third-order valence-corrected chi connectivity index (χ3v) is 5.19. The van der Waals surface area contributed by atoms with Gasteiger partial charge in [0, 0.05) is 18.1 Å². The number of rotatable bonds is 3. The maximum atomic E-state index is 12.4. The Morgan fingerprint density at radius 3 is 2.71 bits per heavy atom. The summed E-state index contributed by atoms with van der Waals surface area (Å²) in [6.07, 6.45) is 3.98. The highest BCUT2D eigenvalue weighted by atomic mass is 35.5. The van der Waals surface area contributed by atoms with Crippen molar-refractivity contribution < 1.29 is 4.79 Å². The Balaban J connectivity index is 1.64. The van der Waals surface area contributed by atoms with Crippen LogP contribution < -0.4 is 11.1 Å². The highest BCUT2D eigenvalue weighted by Gasteiger charge is 2.39. The number of halogens is 1. The van der Waals surface area contributed by atoms with Gasteiger partial charge in [0.15, 0.2) is 0 Å². The normalized spacial score (nSPS) is 26.6. The lowest BCUT2D eigenvalue weighted by atomic mass is 10.0. The molecule has 1 aromatic carbocycles. The lowest BCUT2D eigenvalue weighted by Gasteiger charge is -2.24. The number of nitrogen functional groups attached to an aromatic ring is 1. The molecule has 1 saturated heterocycles. The highest BCUT2D eigenvalue weighted by molar-refractivity contribution is 6.31. The lowest BCUT2D eigenvalue weighted by molar-refractivity contribution is -0.120. The summed E-state index contributed by atoms with van der Waals surface area (Å²) in [5.74, 6) is 1.57. The molecule has 1 aliphatic carbocycles. The zero-order valence-corrected chi connectivity index (χ0v) is 13.1. The van der Waals surface area contributed by atoms with Gasteiger partial charge in [-0.3, -0.25) is 9.69 Å². The standard InChI is InChI=1S/C16H22ClN3O/c1-10(20-8-11-3-2-4-12(11)9-20)16(21)19-15-7-13(17)5-6-14(15)18/h5-7,10-12H,2-4,8-9,18H2,1H3,(H,19,21). The minimum Gasteiger partial charge on any atom is -0.397 e. The molecule has 2 aliphatic rings. The number of hydrogen-bond acceptors (Lipinski definition) is 3. The Morgan fingerprint density at radius 2 is 2.05 bits per heavy atom. The van der Waals surface area contributed by atoms with E-state index in [1.54, 1.807) is 18.2 Å². The van der Waals surface area contributed by atoms with E-state index in [-0.39, 0.29) is 11.9 Å². The van der Waals surface area contributed by atoms with Crippen LogP contribution in [0, 0.1) is 11.8 Å². The molecule has 21 heavy (non-hydrogen) atoms. The number of nitrogens with two attached hydrogens (primary N) is 1. The molecule has 3 atom stereocenters. The van der Waals surface area contributed by atoms with Crippen LogP contribution in [0.2, 0.25) is 5.02 Å². The van der Waals surface area contributed by atoms with E-state index in [1.165, 1.54) is 19.3 Å². The zero-order chi connectivity index (χ0) is 15.0. The number of carbonyl (C=O) groups is 1. The van der Waals surface area contributed by atoms with Gasteiger partial charge in [0.25, 0.3) is 0 Å². The number of carbonyl (C=O) groups excluding carboxylic acids is 1. The fourth-order valence-corrected chi connectivity index (χ4v) is 3.80. The molecule has 1 aromatic rings. The van der Waals surface area contributed by atoms with Crippen LogP contribution in [0.4, 0.5) is 11.4 Å². The predicted molar refractivity (Wildman–Crippen MR) is 86.4 cm³/mol. The van der Waals surface area contributed by atoms with Gasteiger partial charge in [0.1, 0.15) is 0 Å². The summed E-state index contributed by atoms with van der Waals surface area (Å²) in [6.45, 7) is 4.06. The van der Waals surface area contributed by atoms with Crippen LogP contribution in [0.1, 0.15) is 26.2 Å². The highest BCUT2D eigenvalue weighted by Crippen LogP contribution is 2.38. The summed E-state index contributed by atoms with van der Waals surface area (Å²) < 4.78 is 0. The van der Waals surface area contributed by atoms with Gasteiger partial charge in [-0.05, 0) is 49.8 Å². The SMILES string of the molecule is CC(C(=O)Nc1cc(Cl)ccc1N)N1CC2CCCC2C1. The van der Waals surface area contributed by atoms with Gasteiger partial charge < -0.3 is 11.1 Å². The number of fused-ring (bicyclic) bond motifs is 1. The molecule has 1 aliphatic heterocycles. The summed E-state index contributed by atoms with van der Waals surface area (Å²) in [6, 6.07) is 5.00. The van der Waals surface area contributed by atoms with Gasteiger partial charge in [-0.15, -0.1) is 0 Å². The number of amides is 1. The second-order valence-electron chi connectivity index (χ2n) is 6.30. The Labute approximate surface area is 130 Å². The molecule has 114 valence electrons. The Morgan fingerprint density at radius 1 is 1.38 bits per heavy atom. The average molecular weight is 308 g/mol. The van der Waals surface area contributed by atoms with Crippen molar-refractivity contribution in [3.8, 4) is 0 Å². The van der Waals surface area contributed by atoms with Crippen molar-refractivity contribution in [1.82, 2.24) is 4.90 Å². The van der Waals surface area contributed by atoms with Crippen molar-refractivity contribution in [3.05, 3.63) is 23.2 Å². The lowest BCUT2D eigenvalue weighted by Crippen LogP contribution is -2.41. The fraction of sp³-hybridized carbons (Fsp3) is 0.562. The van der Waals surface area contributed by atoms with Crippen molar-refractivity contribution in [2.75, 3.05) is 24.1 Å². The first-order chi connectivity index (χ1) is 10.0.